The van der Waals surface area contributed by atoms with Gasteiger partial charge in [-0.05, 0) is 96.1 Å². The number of hydrogen-bond acceptors (Lipinski definition) is 6. The van der Waals surface area contributed by atoms with E-state index in [4.69, 9.17) is 18.9 Å². The molecule has 6 aromatic carbocycles. The van der Waals surface area contributed by atoms with Gasteiger partial charge in [-0.1, -0.05) is 132 Å². The molecule has 1 radical (unpaired) electrons. The summed E-state index contributed by atoms with van der Waals surface area (Å²) < 4.78 is 29.7. The van der Waals surface area contributed by atoms with Gasteiger partial charge in [0, 0.05) is 72.6 Å². The normalized spacial score (nSPS) is 8.62. The van der Waals surface area contributed by atoms with E-state index in [2.05, 4.69) is 122 Å². The molecular formula is C58H88O6Y-2. The molecule has 0 heterocycles. The molecular weight excluding hydrogens is 882 g/mol. The van der Waals surface area contributed by atoms with Crippen molar-refractivity contribution in [2.45, 2.75) is 111 Å². The van der Waals surface area contributed by atoms with E-state index in [0.29, 0.717) is 0 Å². The van der Waals surface area contributed by atoms with Crippen LogP contribution in [0.25, 0.3) is 21.9 Å². The van der Waals surface area contributed by atoms with Crippen molar-refractivity contribution in [3.05, 3.63) is 154 Å². The topological polar surface area (TPSA) is 55.4 Å². The van der Waals surface area contributed by atoms with Crippen molar-refractivity contribution in [3.63, 3.8) is 0 Å². The van der Waals surface area contributed by atoms with Gasteiger partial charge in [-0.25, -0.2) is 0 Å². The molecule has 0 aliphatic carbocycles. The molecule has 0 spiro atoms. The molecule has 6 nitrogen and oxygen atoms in total. The molecule has 361 valence electrons. The van der Waals surface area contributed by atoms with Gasteiger partial charge in [-0.3, -0.25) is 0 Å². The zero-order valence-electron chi connectivity index (χ0n) is 45.3. The maximum Gasteiger partial charge on any atom is 0.124 e. The zero-order chi connectivity index (χ0) is 50.2. The van der Waals surface area contributed by atoms with Crippen molar-refractivity contribution in [2.24, 2.45) is 0 Å². The monoisotopic (exact) mass is 970 g/mol. The van der Waals surface area contributed by atoms with E-state index in [9.17, 15) is 0 Å². The Kier molecular flexibility index (Phi) is 48.3. The summed E-state index contributed by atoms with van der Waals surface area (Å²) in [7, 11) is 13.3. The smallest absolute Gasteiger partial charge is 0.124 e. The summed E-state index contributed by atoms with van der Waals surface area (Å²) in [6, 6.07) is 39.1. The minimum atomic E-state index is 0. The molecule has 0 amide bonds. The van der Waals surface area contributed by atoms with Gasteiger partial charge in [0.25, 0.3) is 0 Å². The molecule has 7 heteroatoms. The second-order valence-electron chi connectivity index (χ2n) is 13.2. The first-order valence-electron chi connectivity index (χ1n) is 22.4. The maximum absolute atomic E-state index is 5.43. The maximum atomic E-state index is 5.43. The van der Waals surface area contributed by atoms with E-state index in [1.54, 1.807) is 56.9 Å². The van der Waals surface area contributed by atoms with Crippen molar-refractivity contribution in [1.82, 2.24) is 0 Å². The molecule has 0 fully saturated rings. The molecule has 6 rings (SSSR count). The molecule has 6 aromatic rings. The minimum absolute atomic E-state index is 0. The fourth-order valence-corrected chi connectivity index (χ4v) is 6.12. The molecule has 0 unspecified atom stereocenters. The number of benzene rings is 6. The third-order valence-corrected chi connectivity index (χ3v) is 8.36. The van der Waals surface area contributed by atoms with Gasteiger partial charge >= 0.3 is 0 Å². The summed E-state index contributed by atoms with van der Waals surface area (Å²) in [5.74, 6) is 3.88. The summed E-state index contributed by atoms with van der Waals surface area (Å²) in [5, 5.41) is 2.62. The van der Waals surface area contributed by atoms with E-state index in [1.807, 2.05) is 107 Å². The van der Waals surface area contributed by atoms with E-state index in [-0.39, 0.29) is 32.7 Å². The summed E-state index contributed by atoms with van der Waals surface area (Å²) in [6.45, 7) is 32.4. The Morgan fingerprint density at radius 2 is 0.477 bits per heavy atom. The molecule has 0 bridgehead atoms. The van der Waals surface area contributed by atoms with Crippen LogP contribution in [-0.4, -0.2) is 56.9 Å². The average Bonchev–Trinajstić information content (AvgIpc) is 3.30. The molecule has 0 aliphatic rings. The first kappa shape index (κ1) is 69.8. The van der Waals surface area contributed by atoms with Crippen LogP contribution in [0.3, 0.4) is 0 Å². The Bertz CT molecular complexity index is 1780. The zero-order valence-corrected chi connectivity index (χ0v) is 48.1. The summed E-state index contributed by atoms with van der Waals surface area (Å²) in [6.07, 6.45) is 0. The number of methoxy groups -OCH3 is 6. The third kappa shape index (κ3) is 27.1. The number of fused-ring (bicyclic) bond motifs is 1. The largest absolute Gasteiger partial charge is 0.522 e. The fraction of sp³-hybridized carbons (Fsp3) is 0.414. The van der Waals surface area contributed by atoms with Crippen molar-refractivity contribution >= 4 is 10.8 Å². The van der Waals surface area contributed by atoms with E-state index < -0.39 is 0 Å². The molecule has 0 saturated carbocycles. The Morgan fingerprint density at radius 1 is 0.308 bits per heavy atom. The van der Waals surface area contributed by atoms with Gasteiger partial charge in [0.1, 0.15) is 11.5 Å². The SMILES string of the molecule is CC.CC.CC.CC.COC.COC.COc1c(C)c[c-]cc1C.COc1c(C)c[c-]cc1C.COc1c(C)cc(-c2cc(C)c(OC)c(C)c2)cc1C.[Y].c1ccc2ccccc2c1. The first-order chi connectivity index (χ1) is 30.8. The van der Waals surface area contributed by atoms with E-state index >= 15 is 0 Å². The second-order valence-corrected chi connectivity index (χ2v) is 13.2. The van der Waals surface area contributed by atoms with Crippen molar-refractivity contribution < 1.29 is 61.1 Å². The van der Waals surface area contributed by atoms with Crippen molar-refractivity contribution in [2.75, 3.05) is 56.9 Å². The molecule has 0 atom stereocenters. The van der Waals surface area contributed by atoms with Crippen LogP contribution in [0.15, 0.2) is 97.1 Å². The van der Waals surface area contributed by atoms with Gasteiger partial charge in [-0.2, -0.15) is 36.4 Å². The van der Waals surface area contributed by atoms with E-state index in [0.717, 1.165) is 67.5 Å². The van der Waals surface area contributed by atoms with Gasteiger partial charge < -0.3 is 28.4 Å². The summed E-state index contributed by atoms with van der Waals surface area (Å²) in [4.78, 5) is 0. The predicted molar refractivity (Wildman–Crippen MR) is 282 cm³/mol. The first-order valence-corrected chi connectivity index (χ1v) is 22.4. The van der Waals surface area contributed by atoms with Gasteiger partial charge in [0.15, 0.2) is 0 Å². The fourth-order valence-electron chi connectivity index (χ4n) is 6.12. The van der Waals surface area contributed by atoms with Crippen LogP contribution in [0.1, 0.15) is 99.9 Å². The van der Waals surface area contributed by atoms with Crippen LogP contribution >= 0.6 is 0 Å². The number of hydrogen-bond donors (Lipinski definition) is 0. The minimum Gasteiger partial charge on any atom is -0.522 e. The van der Waals surface area contributed by atoms with E-state index in [1.165, 1.54) is 21.9 Å². The summed E-state index contributed by atoms with van der Waals surface area (Å²) >= 11 is 0. The Labute approximate surface area is 424 Å². The standard InChI is InChI=1S/C18H22O2.C10H8.2C9H11O.2C2H6O.4C2H6.Y/c1-11-7-15(8-12(2)17(11)19-5)16-9-13(3)18(20-6)14(4)10-16;1-2-6-10-8-4-3-7-9(10)5-1;2*1-7-5-4-6-8(2)9(7)10-3;2*1-3-2;4*1-2;/h7-10H,1-6H3;1-8H;2*5-6H,1-3H3;2*1-2H3;4*1-2H3;/q;;2*-1;;;;;;;. The molecule has 65 heavy (non-hydrogen) atoms. The number of ether oxygens (including phenoxy) is 6. The van der Waals surface area contributed by atoms with Gasteiger partial charge in [0.2, 0.25) is 0 Å². The number of rotatable bonds is 5. The average molecular weight is 970 g/mol. The molecule has 0 aliphatic heterocycles. The molecule has 0 saturated heterocycles. The summed E-state index contributed by atoms with van der Waals surface area (Å²) in [5.41, 5.74) is 11.6. The van der Waals surface area contributed by atoms with Gasteiger partial charge in [-0.15, -0.1) is 22.3 Å². The third-order valence-electron chi connectivity index (χ3n) is 8.36. The van der Waals surface area contributed by atoms with Crippen LogP contribution in [0.4, 0.5) is 0 Å². The van der Waals surface area contributed by atoms with Crippen molar-refractivity contribution in [3.8, 4) is 34.1 Å². The Hall–Kier alpha value is -4.20. The molecule has 0 N–H and O–H groups in total. The van der Waals surface area contributed by atoms with Crippen LogP contribution in [-0.2, 0) is 42.2 Å². The van der Waals surface area contributed by atoms with Gasteiger partial charge in [0.05, 0.1) is 28.4 Å². The Morgan fingerprint density at radius 3 is 0.631 bits per heavy atom. The van der Waals surface area contributed by atoms with Crippen LogP contribution in [0.5, 0.6) is 23.0 Å². The second kappa shape index (κ2) is 45.0. The Balaban J connectivity index is -0.000000232. The molecule has 0 aromatic heterocycles. The number of aryl methyl sites for hydroxylation is 8. The predicted octanol–water partition coefficient (Wildman–Crippen LogP) is 16.3. The quantitative estimate of drug-likeness (QED) is 0.161. The van der Waals surface area contributed by atoms with Crippen LogP contribution < -0.4 is 18.9 Å². The van der Waals surface area contributed by atoms with Crippen LogP contribution in [0.2, 0.25) is 0 Å². The van der Waals surface area contributed by atoms with Crippen LogP contribution in [0, 0.1) is 67.5 Å². The van der Waals surface area contributed by atoms with Crippen molar-refractivity contribution in [1.29, 1.82) is 0 Å².